The van der Waals surface area contributed by atoms with Crippen LogP contribution >= 0.6 is 0 Å². The van der Waals surface area contributed by atoms with Gasteiger partial charge in [0.05, 0.1) is 25.5 Å². The number of anilines is 3. The third-order valence-corrected chi connectivity index (χ3v) is 12.3. The van der Waals surface area contributed by atoms with E-state index in [-0.39, 0.29) is 23.1 Å². The van der Waals surface area contributed by atoms with Crippen molar-refractivity contribution in [1.29, 1.82) is 0 Å². The molecule has 4 aromatic rings. The minimum absolute atomic E-state index is 0.0660. The fourth-order valence-electron chi connectivity index (χ4n) is 10.1. The molecular weight excluding hydrogens is 677 g/mol. The van der Waals surface area contributed by atoms with Crippen LogP contribution in [0.2, 0.25) is 0 Å². The van der Waals surface area contributed by atoms with E-state index in [0.717, 1.165) is 61.7 Å². The molecule has 9 rings (SSSR count). The van der Waals surface area contributed by atoms with Crippen molar-refractivity contribution < 1.29 is 23.9 Å². The van der Waals surface area contributed by atoms with E-state index in [1.54, 1.807) is 62.8 Å². The van der Waals surface area contributed by atoms with Crippen LogP contribution in [-0.4, -0.2) is 49.9 Å². The first kappa shape index (κ1) is 35.9. The van der Waals surface area contributed by atoms with Crippen LogP contribution in [0.3, 0.4) is 0 Å². The number of ether oxygens (including phenoxy) is 2. The summed E-state index contributed by atoms with van der Waals surface area (Å²) in [4.78, 5) is 42.3. The fraction of sp³-hybridized carbons (Fsp3) is 0.400. The number of benzene rings is 4. The van der Waals surface area contributed by atoms with Gasteiger partial charge in [-0.25, -0.2) is 0 Å². The van der Waals surface area contributed by atoms with Crippen molar-refractivity contribution in [2.45, 2.75) is 64.3 Å². The van der Waals surface area contributed by atoms with Crippen molar-refractivity contribution in [1.82, 2.24) is 4.90 Å². The lowest BCUT2D eigenvalue weighted by Crippen LogP contribution is -2.47. The van der Waals surface area contributed by atoms with E-state index in [1.807, 2.05) is 24.3 Å². The Balaban J connectivity index is 0.825. The highest BCUT2D eigenvalue weighted by molar-refractivity contribution is 6.12. The van der Waals surface area contributed by atoms with Gasteiger partial charge in [-0.15, -0.1) is 0 Å². The van der Waals surface area contributed by atoms with Crippen LogP contribution in [0, 0.1) is 23.2 Å². The standard InChI is InChI=1S/C45H50N4O5/c1-53-40-22-34-16-18-49(28-35(34)23-41(40)54-2)17-15-29-7-11-37(12-8-29)47-44(52)38-5-3-4-6-39(38)48-43(51)33-9-13-36(14-10-33)46-42(50)27-45-24-30-19-31(25-45)21-32(20-30)26-45/h3-14,22-23,30-32H,15-21,24-28H2,1-2H3,(H,46,50)(H,47,52)(H,48,51). The van der Waals surface area contributed by atoms with Crippen LogP contribution < -0.4 is 25.4 Å². The van der Waals surface area contributed by atoms with Crippen molar-refractivity contribution in [2.75, 3.05) is 43.3 Å². The predicted octanol–water partition coefficient (Wildman–Crippen LogP) is 8.35. The summed E-state index contributed by atoms with van der Waals surface area (Å²) in [5.41, 5.74) is 6.53. The number of carbonyl (C=O) groups excluding carboxylic acids is 3. The number of carbonyl (C=O) groups is 3. The summed E-state index contributed by atoms with van der Waals surface area (Å²) in [6, 6.07) is 26.1. The maximum Gasteiger partial charge on any atom is 0.257 e. The predicted molar refractivity (Wildman–Crippen MR) is 211 cm³/mol. The zero-order valence-electron chi connectivity index (χ0n) is 31.3. The molecule has 1 aliphatic heterocycles. The van der Waals surface area contributed by atoms with E-state index in [4.69, 9.17) is 9.47 Å². The van der Waals surface area contributed by atoms with Crippen molar-refractivity contribution in [3.63, 3.8) is 0 Å². The van der Waals surface area contributed by atoms with E-state index in [2.05, 4.69) is 33.0 Å². The normalized spacial score (nSPS) is 22.6. The molecule has 0 aromatic heterocycles. The first-order valence-electron chi connectivity index (χ1n) is 19.4. The van der Waals surface area contributed by atoms with Gasteiger partial charge < -0.3 is 25.4 Å². The molecular formula is C45H50N4O5. The maximum atomic E-state index is 13.4. The van der Waals surface area contributed by atoms with Gasteiger partial charge in [0.1, 0.15) is 0 Å². The monoisotopic (exact) mass is 726 g/mol. The van der Waals surface area contributed by atoms with E-state index in [1.165, 1.54) is 55.2 Å². The topological polar surface area (TPSA) is 109 Å². The van der Waals surface area contributed by atoms with Crippen LogP contribution in [-0.2, 0) is 24.2 Å². The second-order valence-electron chi connectivity index (χ2n) is 16.1. The molecule has 0 unspecified atom stereocenters. The van der Waals surface area contributed by atoms with Gasteiger partial charge in [-0.05, 0) is 152 Å². The van der Waals surface area contributed by atoms with E-state index < -0.39 is 0 Å². The number of amides is 3. The zero-order valence-corrected chi connectivity index (χ0v) is 31.3. The van der Waals surface area contributed by atoms with Gasteiger partial charge in [0, 0.05) is 43.0 Å². The Kier molecular flexibility index (Phi) is 10.2. The van der Waals surface area contributed by atoms with Gasteiger partial charge in [0.2, 0.25) is 5.91 Å². The first-order valence-corrected chi connectivity index (χ1v) is 19.4. The zero-order chi connectivity index (χ0) is 37.2. The minimum Gasteiger partial charge on any atom is -0.493 e. The van der Waals surface area contributed by atoms with Crippen LogP contribution in [0.1, 0.15) is 82.4 Å². The highest BCUT2D eigenvalue weighted by atomic mass is 16.5. The molecule has 0 atom stereocenters. The van der Waals surface area contributed by atoms with Crippen LogP contribution in [0.5, 0.6) is 11.5 Å². The lowest BCUT2D eigenvalue weighted by molar-refractivity contribution is -0.124. The second-order valence-corrected chi connectivity index (χ2v) is 16.1. The fourth-order valence-corrected chi connectivity index (χ4v) is 10.1. The van der Waals surface area contributed by atoms with Gasteiger partial charge in [0.15, 0.2) is 11.5 Å². The number of hydrogen-bond donors (Lipinski definition) is 3. The Bertz CT molecular complexity index is 1990. The number of nitrogens with one attached hydrogen (secondary N) is 3. The molecule has 5 aliphatic rings. The van der Waals surface area contributed by atoms with Crippen molar-refractivity contribution in [3.8, 4) is 11.5 Å². The van der Waals surface area contributed by atoms with Crippen LogP contribution in [0.4, 0.5) is 17.1 Å². The summed E-state index contributed by atoms with van der Waals surface area (Å²) in [5.74, 6) is 3.38. The molecule has 0 radical (unpaired) electrons. The largest absolute Gasteiger partial charge is 0.493 e. The molecule has 3 N–H and O–H groups in total. The average molecular weight is 727 g/mol. The summed E-state index contributed by atoms with van der Waals surface area (Å²) in [5, 5.41) is 8.98. The van der Waals surface area contributed by atoms with Gasteiger partial charge in [-0.1, -0.05) is 24.3 Å². The summed E-state index contributed by atoms with van der Waals surface area (Å²) in [6.45, 7) is 2.77. The Morgan fingerprint density at radius 2 is 1.33 bits per heavy atom. The molecule has 4 saturated carbocycles. The van der Waals surface area contributed by atoms with Gasteiger partial charge in [-0.3, -0.25) is 19.3 Å². The molecule has 0 saturated heterocycles. The van der Waals surface area contributed by atoms with E-state index in [9.17, 15) is 14.4 Å². The molecule has 0 spiro atoms. The third-order valence-electron chi connectivity index (χ3n) is 12.3. The number of methoxy groups -OCH3 is 2. The molecule has 3 amide bonds. The summed E-state index contributed by atoms with van der Waals surface area (Å²) in [7, 11) is 3.34. The summed E-state index contributed by atoms with van der Waals surface area (Å²) >= 11 is 0. The summed E-state index contributed by atoms with van der Waals surface area (Å²) in [6.07, 6.45) is 10.1. The molecule has 1 heterocycles. The first-order chi connectivity index (χ1) is 26.2. The van der Waals surface area contributed by atoms with Gasteiger partial charge in [0.25, 0.3) is 11.8 Å². The Labute approximate surface area is 317 Å². The molecule has 4 bridgehead atoms. The van der Waals surface area contributed by atoms with Crippen molar-refractivity contribution in [3.05, 3.63) is 113 Å². The van der Waals surface area contributed by atoms with Gasteiger partial charge in [-0.2, -0.15) is 0 Å². The van der Waals surface area contributed by atoms with E-state index in [0.29, 0.717) is 34.6 Å². The Morgan fingerprint density at radius 1 is 0.722 bits per heavy atom. The molecule has 4 aliphatic carbocycles. The third kappa shape index (κ3) is 7.87. The average Bonchev–Trinajstić information content (AvgIpc) is 3.16. The Hall–Kier alpha value is -5.15. The quantitative estimate of drug-likeness (QED) is 0.136. The number of nitrogens with zero attached hydrogens (tertiary/aromatic N) is 1. The molecule has 4 aromatic carbocycles. The highest BCUT2D eigenvalue weighted by Crippen LogP contribution is 2.61. The van der Waals surface area contributed by atoms with Gasteiger partial charge >= 0.3 is 0 Å². The van der Waals surface area contributed by atoms with Crippen molar-refractivity contribution in [2.24, 2.45) is 23.2 Å². The van der Waals surface area contributed by atoms with Crippen LogP contribution in [0.25, 0.3) is 0 Å². The number of para-hydroxylation sites is 1. The molecule has 9 heteroatoms. The lowest BCUT2D eigenvalue weighted by Gasteiger charge is -2.56. The molecule has 280 valence electrons. The molecule has 54 heavy (non-hydrogen) atoms. The SMILES string of the molecule is COc1cc2c(cc1OC)CN(CCc1ccc(NC(=O)c3ccccc3NC(=O)c3ccc(NC(=O)CC45CC6CC(CC(C6)C4)C5)cc3)cc1)CC2. The maximum absolute atomic E-state index is 13.4. The summed E-state index contributed by atoms with van der Waals surface area (Å²) < 4.78 is 11.0. The van der Waals surface area contributed by atoms with E-state index >= 15 is 0 Å². The Morgan fingerprint density at radius 3 is 2.00 bits per heavy atom. The minimum atomic E-state index is -0.331. The molecule has 4 fully saturated rings. The molecule has 9 nitrogen and oxygen atoms in total. The highest BCUT2D eigenvalue weighted by Gasteiger charge is 2.51. The van der Waals surface area contributed by atoms with Crippen LogP contribution in [0.15, 0.2) is 84.9 Å². The lowest BCUT2D eigenvalue weighted by atomic mass is 9.49. The van der Waals surface area contributed by atoms with Crippen molar-refractivity contribution >= 4 is 34.8 Å². The second kappa shape index (κ2) is 15.3. The number of hydrogen-bond acceptors (Lipinski definition) is 6. The number of rotatable bonds is 12. The number of fused-ring (bicyclic) bond motifs is 1. The smallest absolute Gasteiger partial charge is 0.257 e.